The molecule has 0 saturated heterocycles. The number of fused-ring (bicyclic) bond motifs is 3. The summed E-state index contributed by atoms with van der Waals surface area (Å²) in [6.45, 7) is 1.91. The lowest BCUT2D eigenvalue weighted by atomic mass is 10.2. The SMILES string of the molecule is CC[C@@H](Sc1nnc2c3ccccc3n(C)c2n1)C(=O)N[C@@H](CSCc1ccccc1)C(=O)OC. The molecule has 0 unspecified atom stereocenters. The maximum absolute atomic E-state index is 13.1. The molecule has 0 aliphatic rings. The fourth-order valence-corrected chi connectivity index (χ4v) is 5.56. The Bertz CT molecular complexity index is 1330. The summed E-state index contributed by atoms with van der Waals surface area (Å²) < 4.78 is 6.90. The molecule has 4 rings (SSSR count). The monoisotopic (exact) mass is 509 g/mol. The van der Waals surface area contributed by atoms with Crippen molar-refractivity contribution in [1.29, 1.82) is 0 Å². The molecular formula is C25H27N5O3S2. The zero-order valence-corrected chi connectivity index (χ0v) is 21.4. The van der Waals surface area contributed by atoms with Gasteiger partial charge in [0.05, 0.1) is 17.9 Å². The van der Waals surface area contributed by atoms with Gasteiger partial charge < -0.3 is 14.6 Å². The Morgan fingerprint density at radius 2 is 1.83 bits per heavy atom. The number of carbonyl (C=O) groups is 2. The number of para-hydroxylation sites is 1. The zero-order valence-electron chi connectivity index (χ0n) is 19.8. The van der Waals surface area contributed by atoms with Crippen molar-refractivity contribution in [2.75, 3.05) is 12.9 Å². The summed E-state index contributed by atoms with van der Waals surface area (Å²) in [5.74, 6) is 0.428. The van der Waals surface area contributed by atoms with Gasteiger partial charge in [-0.25, -0.2) is 9.78 Å². The number of aromatic nitrogens is 4. The van der Waals surface area contributed by atoms with Gasteiger partial charge in [0.1, 0.15) is 11.6 Å². The van der Waals surface area contributed by atoms with E-state index in [1.54, 1.807) is 11.8 Å². The van der Waals surface area contributed by atoms with Crippen LogP contribution in [-0.2, 0) is 27.1 Å². The first kappa shape index (κ1) is 25.0. The van der Waals surface area contributed by atoms with Gasteiger partial charge in [-0.3, -0.25) is 4.79 Å². The van der Waals surface area contributed by atoms with E-state index in [0.29, 0.717) is 23.0 Å². The predicted octanol–water partition coefficient (Wildman–Crippen LogP) is 3.98. The number of nitrogens with zero attached hydrogens (tertiary/aromatic N) is 4. The van der Waals surface area contributed by atoms with Crippen molar-refractivity contribution < 1.29 is 14.3 Å². The predicted molar refractivity (Wildman–Crippen MR) is 140 cm³/mol. The summed E-state index contributed by atoms with van der Waals surface area (Å²) in [5.41, 5.74) is 3.61. The van der Waals surface area contributed by atoms with Crippen LogP contribution in [0, 0.1) is 0 Å². The minimum atomic E-state index is -0.740. The Kier molecular flexibility index (Phi) is 8.25. The lowest BCUT2D eigenvalue weighted by Crippen LogP contribution is -2.46. The average Bonchev–Trinajstić information content (AvgIpc) is 3.18. The van der Waals surface area contributed by atoms with Crippen molar-refractivity contribution in [2.45, 2.75) is 35.5 Å². The molecule has 182 valence electrons. The second kappa shape index (κ2) is 11.5. The van der Waals surface area contributed by atoms with E-state index in [-0.39, 0.29) is 5.91 Å². The fraction of sp³-hybridized carbons (Fsp3) is 0.320. The summed E-state index contributed by atoms with van der Waals surface area (Å²) >= 11 is 2.81. The number of amides is 1. The highest BCUT2D eigenvalue weighted by atomic mass is 32.2. The summed E-state index contributed by atoms with van der Waals surface area (Å²) in [7, 11) is 3.26. The third-order valence-electron chi connectivity index (χ3n) is 5.60. The van der Waals surface area contributed by atoms with Crippen molar-refractivity contribution in [3.8, 4) is 0 Å². The first-order chi connectivity index (χ1) is 17.0. The van der Waals surface area contributed by atoms with Crippen LogP contribution in [0.2, 0.25) is 0 Å². The van der Waals surface area contributed by atoms with Gasteiger partial charge in [0.2, 0.25) is 11.1 Å². The highest BCUT2D eigenvalue weighted by molar-refractivity contribution is 8.00. The molecule has 2 heterocycles. The zero-order chi connectivity index (χ0) is 24.8. The van der Waals surface area contributed by atoms with Crippen molar-refractivity contribution in [3.63, 3.8) is 0 Å². The Balaban J connectivity index is 1.44. The van der Waals surface area contributed by atoms with Gasteiger partial charge in [-0.2, -0.15) is 11.8 Å². The molecule has 2 atom stereocenters. The van der Waals surface area contributed by atoms with E-state index in [1.807, 2.05) is 73.1 Å². The van der Waals surface area contributed by atoms with Gasteiger partial charge in [-0.05, 0) is 18.1 Å². The third-order valence-corrected chi connectivity index (χ3v) is 7.92. The van der Waals surface area contributed by atoms with E-state index in [1.165, 1.54) is 18.9 Å². The molecule has 10 heteroatoms. The highest BCUT2D eigenvalue weighted by Gasteiger charge is 2.27. The number of esters is 1. The molecule has 0 aliphatic heterocycles. The second-order valence-electron chi connectivity index (χ2n) is 7.94. The molecule has 0 saturated carbocycles. The van der Waals surface area contributed by atoms with Gasteiger partial charge in [0.15, 0.2) is 5.65 Å². The van der Waals surface area contributed by atoms with Gasteiger partial charge in [-0.15, -0.1) is 10.2 Å². The van der Waals surface area contributed by atoms with E-state index in [9.17, 15) is 9.59 Å². The normalized spacial score (nSPS) is 13.0. The van der Waals surface area contributed by atoms with E-state index < -0.39 is 17.3 Å². The van der Waals surface area contributed by atoms with Gasteiger partial charge in [-0.1, -0.05) is 67.2 Å². The van der Waals surface area contributed by atoms with E-state index in [2.05, 4.69) is 20.5 Å². The molecule has 1 N–H and O–H groups in total. The summed E-state index contributed by atoms with van der Waals surface area (Å²) in [5, 5.41) is 12.4. The number of nitrogens with one attached hydrogen (secondary N) is 1. The average molecular weight is 510 g/mol. The van der Waals surface area contributed by atoms with Crippen molar-refractivity contribution >= 4 is 57.5 Å². The molecule has 8 nitrogen and oxygen atoms in total. The van der Waals surface area contributed by atoms with E-state index in [0.717, 1.165) is 27.7 Å². The van der Waals surface area contributed by atoms with E-state index >= 15 is 0 Å². The van der Waals surface area contributed by atoms with Gasteiger partial charge >= 0.3 is 5.97 Å². The van der Waals surface area contributed by atoms with Crippen LogP contribution in [0.3, 0.4) is 0 Å². The van der Waals surface area contributed by atoms with Gasteiger partial charge in [0.25, 0.3) is 0 Å². The number of rotatable bonds is 10. The molecule has 1 amide bonds. The molecular weight excluding hydrogens is 482 g/mol. The number of ether oxygens (including phenoxy) is 1. The van der Waals surface area contributed by atoms with Crippen molar-refractivity contribution in [3.05, 3.63) is 60.2 Å². The Morgan fingerprint density at radius 3 is 2.57 bits per heavy atom. The molecule has 0 aliphatic carbocycles. The number of methoxy groups -OCH3 is 1. The van der Waals surface area contributed by atoms with Crippen LogP contribution in [-0.4, -0.2) is 55.8 Å². The quantitative estimate of drug-likeness (QED) is 0.253. The highest BCUT2D eigenvalue weighted by Crippen LogP contribution is 2.28. The lowest BCUT2D eigenvalue weighted by molar-refractivity contribution is -0.144. The first-order valence-electron chi connectivity index (χ1n) is 11.3. The van der Waals surface area contributed by atoms with Crippen LogP contribution in [0.5, 0.6) is 0 Å². The molecule has 0 spiro atoms. The molecule has 2 aromatic carbocycles. The third kappa shape index (κ3) is 5.76. The first-order valence-corrected chi connectivity index (χ1v) is 13.3. The lowest BCUT2D eigenvalue weighted by Gasteiger charge is -2.19. The van der Waals surface area contributed by atoms with Crippen LogP contribution in [0.25, 0.3) is 22.1 Å². The molecule has 35 heavy (non-hydrogen) atoms. The van der Waals surface area contributed by atoms with Crippen LogP contribution in [0.4, 0.5) is 0 Å². The Hall–Kier alpha value is -3.11. The van der Waals surface area contributed by atoms with Gasteiger partial charge in [0, 0.05) is 23.9 Å². The number of thioether (sulfide) groups is 2. The maximum Gasteiger partial charge on any atom is 0.329 e. The van der Waals surface area contributed by atoms with Crippen molar-refractivity contribution in [1.82, 2.24) is 25.1 Å². The minimum Gasteiger partial charge on any atom is -0.467 e. The van der Waals surface area contributed by atoms with Crippen LogP contribution >= 0.6 is 23.5 Å². The maximum atomic E-state index is 13.1. The van der Waals surface area contributed by atoms with Crippen molar-refractivity contribution in [2.24, 2.45) is 7.05 Å². The van der Waals surface area contributed by atoms with Crippen LogP contribution < -0.4 is 5.32 Å². The fourth-order valence-electron chi connectivity index (χ4n) is 3.74. The largest absolute Gasteiger partial charge is 0.467 e. The molecule has 0 bridgehead atoms. The van der Waals surface area contributed by atoms with Crippen LogP contribution in [0.15, 0.2) is 59.8 Å². The number of hydrogen-bond donors (Lipinski definition) is 1. The summed E-state index contributed by atoms with van der Waals surface area (Å²) in [4.78, 5) is 30.1. The molecule has 2 aromatic heterocycles. The second-order valence-corrected chi connectivity index (χ2v) is 10.1. The molecule has 0 fully saturated rings. The summed E-state index contributed by atoms with van der Waals surface area (Å²) in [6.07, 6.45) is 0.540. The minimum absolute atomic E-state index is 0.256. The van der Waals surface area contributed by atoms with Crippen LogP contribution in [0.1, 0.15) is 18.9 Å². The topological polar surface area (TPSA) is 99.0 Å². The van der Waals surface area contributed by atoms with E-state index in [4.69, 9.17) is 4.74 Å². The number of benzene rings is 2. The number of carbonyl (C=O) groups excluding carboxylic acids is 2. The smallest absolute Gasteiger partial charge is 0.329 e. The summed E-state index contributed by atoms with van der Waals surface area (Å²) in [6, 6.07) is 17.2. The standard InChI is InChI=1S/C25H27N5O3S2/c1-4-20(23(31)26-18(24(32)33-3)15-34-14-16-10-6-5-7-11-16)35-25-27-22-21(28-29-25)17-12-8-9-13-19(17)30(22)2/h5-13,18,20H,4,14-15H2,1-3H3,(H,26,31)/t18-,20+/m0/s1. The number of hydrogen-bond acceptors (Lipinski definition) is 8. The Labute approximate surface area is 212 Å². The molecule has 0 radical (unpaired) electrons. The Morgan fingerprint density at radius 1 is 1.09 bits per heavy atom. The number of aryl methyl sites for hydroxylation is 1. The molecule has 4 aromatic rings.